The Morgan fingerprint density at radius 2 is 2.00 bits per heavy atom. The molecule has 0 N–H and O–H groups in total. The highest BCUT2D eigenvalue weighted by atomic mass is 16.6. The third kappa shape index (κ3) is 2.75. The van der Waals surface area contributed by atoms with E-state index in [1.165, 1.54) is 0 Å². The van der Waals surface area contributed by atoms with Crippen molar-refractivity contribution in [2.45, 2.75) is 44.8 Å². The van der Waals surface area contributed by atoms with Crippen LogP contribution in [0.15, 0.2) is 36.7 Å². The number of carbonyl (C=O) groups is 1. The highest BCUT2D eigenvalue weighted by Gasteiger charge is 2.45. The Balaban J connectivity index is 1.57. The van der Waals surface area contributed by atoms with E-state index in [-0.39, 0.29) is 6.09 Å². The van der Waals surface area contributed by atoms with Crippen molar-refractivity contribution in [3.05, 3.63) is 42.4 Å². The van der Waals surface area contributed by atoms with Gasteiger partial charge in [0.05, 0.1) is 5.69 Å². The molecule has 0 aliphatic carbocycles. The summed E-state index contributed by atoms with van der Waals surface area (Å²) in [5.41, 5.74) is 1.16. The number of pyridine rings is 1. The number of hydrogen-bond acceptors (Lipinski definition) is 4. The van der Waals surface area contributed by atoms with Crippen LogP contribution in [-0.4, -0.2) is 39.2 Å². The van der Waals surface area contributed by atoms with Gasteiger partial charge in [-0.1, -0.05) is 0 Å². The number of rotatable bonds is 0. The molecule has 6 nitrogen and oxygen atoms in total. The molecular formula is C19H23N3O3. The van der Waals surface area contributed by atoms with Gasteiger partial charge in [0.1, 0.15) is 11.3 Å². The number of nitrogens with zero attached hydrogens (tertiary/aromatic N) is 3. The van der Waals surface area contributed by atoms with Crippen LogP contribution in [0.2, 0.25) is 0 Å². The van der Waals surface area contributed by atoms with Crippen molar-refractivity contribution in [2.75, 3.05) is 13.1 Å². The third-order valence-corrected chi connectivity index (χ3v) is 4.74. The van der Waals surface area contributed by atoms with Crippen LogP contribution >= 0.6 is 0 Å². The molecular weight excluding hydrogens is 318 g/mol. The van der Waals surface area contributed by atoms with Crippen LogP contribution in [-0.2, 0) is 10.3 Å². The molecule has 25 heavy (non-hydrogen) atoms. The second-order valence-corrected chi connectivity index (χ2v) is 7.65. The molecule has 1 fully saturated rings. The SMILES string of the molecule is CC(C)(C)OC(=O)N1CCC2(CC1)Oc1ncccc1-n1cccc12. The molecule has 2 aliphatic heterocycles. The molecule has 4 heterocycles. The van der Waals surface area contributed by atoms with Crippen LogP contribution in [0, 0.1) is 0 Å². The maximum Gasteiger partial charge on any atom is 0.410 e. The van der Waals surface area contributed by atoms with Gasteiger partial charge in [0.25, 0.3) is 0 Å². The maximum absolute atomic E-state index is 12.3. The lowest BCUT2D eigenvalue weighted by molar-refractivity contribution is -0.0291. The first-order chi connectivity index (χ1) is 11.9. The van der Waals surface area contributed by atoms with Crippen LogP contribution < -0.4 is 4.74 Å². The Labute approximate surface area is 147 Å². The Bertz CT molecular complexity index is 798. The number of piperidine rings is 1. The van der Waals surface area contributed by atoms with Gasteiger partial charge in [-0.25, -0.2) is 9.78 Å². The van der Waals surface area contributed by atoms with Crippen LogP contribution in [0.25, 0.3) is 5.69 Å². The number of ether oxygens (including phenoxy) is 2. The summed E-state index contributed by atoms with van der Waals surface area (Å²) in [6, 6.07) is 8.05. The lowest BCUT2D eigenvalue weighted by atomic mass is 9.87. The van der Waals surface area contributed by atoms with Crippen molar-refractivity contribution in [2.24, 2.45) is 0 Å². The predicted molar refractivity (Wildman–Crippen MR) is 92.9 cm³/mol. The normalized spacial score (nSPS) is 18.3. The smallest absolute Gasteiger partial charge is 0.410 e. The zero-order valence-electron chi connectivity index (χ0n) is 14.9. The molecule has 2 aromatic rings. The van der Waals surface area contributed by atoms with Crippen LogP contribution in [0.3, 0.4) is 0 Å². The van der Waals surface area contributed by atoms with Gasteiger partial charge >= 0.3 is 6.09 Å². The number of likely N-dealkylation sites (tertiary alicyclic amines) is 1. The topological polar surface area (TPSA) is 56.6 Å². The second kappa shape index (κ2) is 5.51. The third-order valence-electron chi connectivity index (χ3n) is 4.74. The van der Waals surface area contributed by atoms with Gasteiger partial charge in [-0.2, -0.15) is 0 Å². The summed E-state index contributed by atoms with van der Waals surface area (Å²) >= 11 is 0. The van der Waals surface area contributed by atoms with Gasteiger partial charge in [-0.3, -0.25) is 0 Å². The van der Waals surface area contributed by atoms with Crippen LogP contribution in [0.5, 0.6) is 5.88 Å². The highest BCUT2D eigenvalue weighted by Crippen LogP contribution is 2.44. The zero-order chi connectivity index (χ0) is 17.7. The number of fused-ring (bicyclic) bond motifs is 4. The molecule has 0 atom stereocenters. The van der Waals surface area contributed by atoms with E-state index in [2.05, 4.69) is 15.6 Å². The van der Waals surface area contributed by atoms with Crippen LogP contribution in [0.4, 0.5) is 4.79 Å². The highest BCUT2D eigenvalue weighted by molar-refractivity contribution is 5.68. The Hall–Kier alpha value is -2.50. The van der Waals surface area contributed by atoms with Gasteiger partial charge in [-0.15, -0.1) is 0 Å². The molecule has 2 aromatic heterocycles. The molecule has 0 radical (unpaired) electrons. The summed E-state index contributed by atoms with van der Waals surface area (Å²) in [4.78, 5) is 18.5. The van der Waals surface area contributed by atoms with E-state index in [0.29, 0.717) is 31.8 Å². The molecule has 2 aliphatic rings. The minimum absolute atomic E-state index is 0.257. The molecule has 1 spiro atoms. The van der Waals surface area contributed by atoms with Crippen molar-refractivity contribution in [1.29, 1.82) is 0 Å². The first-order valence-electron chi connectivity index (χ1n) is 8.68. The summed E-state index contributed by atoms with van der Waals surface area (Å²) < 4.78 is 14.0. The maximum atomic E-state index is 12.3. The molecule has 0 aromatic carbocycles. The van der Waals surface area contributed by atoms with E-state index in [1.54, 1.807) is 11.1 Å². The summed E-state index contributed by atoms with van der Waals surface area (Å²) in [6.45, 7) is 6.85. The predicted octanol–water partition coefficient (Wildman–Crippen LogP) is 3.49. The van der Waals surface area contributed by atoms with E-state index in [1.807, 2.05) is 45.2 Å². The fourth-order valence-corrected chi connectivity index (χ4v) is 3.58. The average molecular weight is 341 g/mol. The molecule has 0 bridgehead atoms. The molecule has 0 unspecified atom stereocenters. The second-order valence-electron chi connectivity index (χ2n) is 7.65. The van der Waals surface area contributed by atoms with Crippen molar-refractivity contribution < 1.29 is 14.3 Å². The Morgan fingerprint density at radius 3 is 2.72 bits per heavy atom. The Morgan fingerprint density at radius 1 is 1.24 bits per heavy atom. The number of hydrogen-bond donors (Lipinski definition) is 0. The quantitative estimate of drug-likeness (QED) is 0.736. The van der Waals surface area contributed by atoms with E-state index in [4.69, 9.17) is 9.47 Å². The summed E-state index contributed by atoms with van der Waals surface area (Å²) in [7, 11) is 0. The fourth-order valence-electron chi connectivity index (χ4n) is 3.58. The summed E-state index contributed by atoms with van der Waals surface area (Å²) in [5.74, 6) is 0.650. The van der Waals surface area contributed by atoms with Crippen molar-refractivity contribution in [1.82, 2.24) is 14.5 Å². The minimum atomic E-state index is -0.481. The minimum Gasteiger partial charge on any atom is -0.463 e. The van der Waals surface area contributed by atoms with Gasteiger partial charge in [0.2, 0.25) is 5.88 Å². The van der Waals surface area contributed by atoms with Gasteiger partial charge in [0, 0.05) is 38.3 Å². The number of carbonyl (C=O) groups excluding carboxylic acids is 1. The zero-order valence-corrected chi connectivity index (χ0v) is 14.9. The van der Waals surface area contributed by atoms with Gasteiger partial charge < -0.3 is 18.9 Å². The van der Waals surface area contributed by atoms with Gasteiger partial charge in [0.15, 0.2) is 5.60 Å². The lowest BCUT2D eigenvalue weighted by Gasteiger charge is -2.44. The first kappa shape index (κ1) is 16.0. The first-order valence-corrected chi connectivity index (χ1v) is 8.68. The number of aromatic nitrogens is 2. The van der Waals surface area contributed by atoms with Gasteiger partial charge in [-0.05, 0) is 45.0 Å². The van der Waals surface area contributed by atoms with E-state index < -0.39 is 11.2 Å². The fraction of sp³-hybridized carbons (Fsp3) is 0.474. The van der Waals surface area contributed by atoms with E-state index in [9.17, 15) is 4.79 Å². The monoisotopic (exact) mass is 341 g/mol. The molecule has 1 saturated heterocycles. The molecule has 1 amide bonds. The van der Waals surface area contributed by atoms with E-state index in [0.717, 1.165) is 11.4 Å². The number of amides is 1. The molecule has 0 saturated carbocycles. The van der Waals surface area contributed by atoms with Crippen molar-refractivity contribution in [3.63, 3.8) is 0 Å². The van der Waals surface area contributed by atoms with Crippen molar-refractivity contribution in [3.8, 4) is 11.6 Å². The van der Waals surface area contributed by atoms with Crippen LogP contribution in [0.1, 0.15) is 39.3 Å². The molecule has 6 heteroatoms. The summed E-state index contributed by atoms with van der Waals surface area (Å²) in [5, 5.41) is 0. The molecule has 4 rings (SSSR count). The summed E-state index contributed by atoms with van der Waals surface area (Å²) in [6.07, 6.45) is 4.96. The largest absolute Gasteiger partial charge is 0.463 e. The van der Waals surface area contributed by atoms with E-state index >= 15 is 0 Å². The average Bonchev–Trinajstić information content (AvgIpc) is 3.05. The standard InChI is InChI=1S/C19H23N3O3/c1-18(2,3)25-17(23)21-12-8-19(9-13-21)15-7-5-11-22(15)14-6-4-10-20-16(14)24-19/h4-7,10-11H,8-9,12-13H2,1-3H3. The van der Waals surface area contributed by atoms with Crippen molar-refractivity contribution >= 4 is 6.09 Å². The lowest BCUT2D eigenvalue weighted by Crippen LogP contribution is -2.50. The molecule has 132 valence electrons. The Kier molecular flexibility index (Phi) is 3.52.